The third-order valence-electron chi connectivity index (χ3n) is 3.57. The zero-order chi connectivity index (χ0) is 15.1. The molecule has 0 radical (unpaired) electrons. The van der Waals surface area contributed by atoms with Gasteiger partial charge < -0.3 is 20.2 Å². The van der Waals surface area contributed by atoms with E-state index in [9.17, 15) is 4.79 Å². The van der Waals surface area contributed by atoms with Crippen LogP contribution in [0, 0.1) is 0 Å². The molecule has 0 aliphatic carbocycles. The number of hydrogen-bond donors (Lipinski definition) is 2. The highest BCUT2D eigenvalue weighted by Crippen LogP contribution is 2.34. The van der Waals surface area contributed by atoms with Crippen molar-refractivity contribution in [3.8, 4) is 22.9 Å². The van der Waals surface area contributed by atoms with Gasteiger partial charge in [0.25, 0.3) is 0 Å². The van der Waals surface area contributed by atoms with Gasteiger partial charge in [0, 0.05) is 23.3 Å². The van der Waals surface area contributed by atoms with Crippen LogP contribution in [0.25, 0.3) is 22.4 Å². The fraction of sp³-hybridized carbons (Fsp3) is 0.125. The van der Waals surface area contributed by atoms with Crippen LogP contribution in [-0.4, -0.2) is 29.1 Å². The van der Waals surface area contributed by atoms with Crippen molar-refractivity contribution in [2.45, 2.75) is 0 Å². The lowest BCUT2D eigenvalue weighted by atomic mass is 10.1. The minimum atomic E-state index is -0.463. The molecule has 0 saturated heterocycles. The van der Waals surface area contributed by atoms with Gasteiger partial charge in [-0.2, -0.15) is 0 Å². The summed E-state index contributed by atoms with van der Waals surface area (Å²) in [5.74, 6) is 1.61. The van der Waals surface area contributed by atoms with Crippen LogP contribution in [-0.2, 0) is 0 Å². The predicted octanol–water partition coefficient (Wildman–Crippen LogP) is 2.10. The number of nitrogens with zero attached hydrogens (tertiary/aromatic N) is 1. The molecule has 1 amide bonds. The number of nitrogens with two attached hydrogens (primary N) is 1. The minimum absolute atomic E-state index is 0.448. The number of carbonyl (C=O) groups excluding carboxylic acids is 1. The Kier molecular flexibility index (Phi) is 2.75. The van der Waals surface area contributed by atoms with Crippen molar-refractivity contribution in [3.63, 3.8) is 0 Å². The molecule has 1 aromatic heterocycles. The topological polar surface area (TPSA) is 90.2 Å². The van der Waals surface area contributed by atoms with Crippen LogP contribution >= 0.6 is 0 Å². The monoisotopic (exact) mass is 295 g/mol. The molecule has 0 atom stereocenters. The molecule has 3 aromatic rings. The molecule has 1 aliphatic rings. The second kappa shape index (κ2) is 4.77. The first-order chi connectivity index (χ1) is 10.7. The first-order valence-electron chi connectivity index (χ1n) is 6.90. The first kappa shape index (κ1) is 12.7. The van der Waals surface area contributed by atoms with Gasteiger partial charge in [-0.05, 0) is 12.1 Å². The van der Waals surface area contributed by atoms with Gasteiger partial charge in [-0.15, -0.1) is 0 Å². The molecule has 1 aliphatic heterocycles. The highest BCUT2D eigenvalue weighted by molar-refractivity contribution is 5.94. The largest absolute Gasteiger partial charge is 0.486 e. The number of imidazole rings is 1. The zero-order valence-electron chi connectivity index (χ0n) is 11.6. The second-order valence-electron chi connectivity index (χ2n) is 5.04. The van der Waals surface area contributed by atoms with Gasteiger partial charge in [0.15, 0.2) is 11.5 Å². The molecule has 2 heterocycles. The summed E-state index contributed by atoms with van der Waals surface area (Å²) in [4.78, 5) is 19.1. The minimum Gasteiger partial charge on any atom is -0.486 e. The fourth-order valence-corrected chi connectivity index (χ4v) is 2.50. The van der Waals surface area contributed by atoms with Gasteiger partial charge in [-0.3, -0.25) is 4.79 Å². The number of carbonyl (C=O) groups is 1. The third-order valence-corrected chi connectivity index (χ3v) is 3.57. The summed E-state index contributed by atoms with van der Waals surface area (Å²) in [5, 5.41) is 0. The average Bonchev–Trinajstić information content (AvgIpc) is 2.95. The maximum atomic E-state index is 11.3. The number of H-pyrrole nitrogens is 1. The van der Waals surface area contributed by atoms with Crippen molar-refractivity contribution in [2.75, 3.05) is 13.2 Å². The summed E-state index contributed by atoms with van der Waals surface area (Å²) in [6.07, 6.45) is 0. The molecule has 0 fully saturated rings. The fourth-order valence-electron chi connectivity index (χ4n) is 2.50. The Morgan fingerprint density at radius 1 is 1.14 bits per heavy atom. The summed E-state index contributed by atoms with van der Waals surface area (Å²) in [5.41, 5.74) is 8.19. The maximum Gasteiger partial charge on any atom is 0.248 e. The van der Waals surface area contributed by atoms with Gasteiger partial charge in [-0.1, -0.05) is 12.1 Å². The molecule has 0 bridgehead atoms. The Morgan fingerprint density at radius 2 is 1.91 bits per heavy atom. The van der Waals surface area contributed by atoms with Crippen molar-refractivity contribution in [1.29, 1.82) is 0 Å². The molecule has 3 N–H and O–H groups in total. The van der Waals surface area contributed by atoms with E-state index in [4.69, 9.17) is 15.2 Å². The Morgan fingerprint density at radius 3 is 2.68 bits per heavy atom. The number of rotatable bonds is 2. The molecule has 6 heteroatoms. The van der Waals surface area contributed by atoms with E-state index in [1.165, 1.54) is 0 Å². The summed E-state index contributed by atoms with van der Waals surface area (Å²) < 4.78 is 11.1. The average molecular weight is 295 g/mol. The van der Waals surface area contributed by atoms with E-state index in [1.54, 1.807) is 18.2 Å². The normalized spacial score (nSPS) is 13.3. The van der Waals surface area contributed by atoms with E-state index >= 15 is 0 Å². The summed E-state index contributed by atoms with van der Waals surface area (Å²) in [6, 6.07) is 10.8. The molecular formula is C16H13N3O3. The van der Waals surface area contributed by atoms with Crippen LogP contribution in [0.2, 0.25) is 0 Å². The van der Waals surface area contributed by atoms with Gasteiger partial charge in [-0.25, -0.2) is 4.98 Å². The lowest BCUT2D eigenvalue weighted by Gasteiger charge is -2.17. The van der Waals surface area contributed by atoms with Crippen molar-refractivity contribution in [3.05, 3.63) is 42.0 Å². The number of fused-ring (bicyclic) bond motifs is 2. The van der Waals surface area contributed by atoms with Crippen LogP contribution in [0.4, 0.5) is 0 Å². The predicted molar refractivity (Wildman–Crippen MR) is 81.0 cm³/mol. The molecule has 0 spiro atoms. The summed E-state index contributed by atoms with van der Waals surface area (Å²) in [7, 11) is 0. The number of hydrogen-bond acceptors (Lipinski definition) is 4. The number of benzene rings is 2. The lowest BCUT2D eigenvalue weighted by molar-refractivity contribution is 0.100. The van der Waals surface area contributed by atoms with Crippen LogP contribution in [0.5, 0.6) is 11.5 Å². The van der Waals surface area contributed by atoms with E-state index in [2.05, 4.69) is 9.97 Å². The molecule has 0 unspecified atom stereocenters. The Labute approximate surface area is 125 Å². The molecule has 2 aromatic carbocycles. The van der Waals surface area contributed by atoms with Crippen LogP contribution in [0.15, 0.2) is 36.4 Å². The van der Waals surface area contributed by atoms with Crippen molar-refractivity contribution in [2.24, 2.45) is 5.73 Å². The maximum absolute atomic E-state index is 11.3. The number of amides is 1. The highest BCUT2D eigenvalue weighted by Gasteiger charge is 2.15. The molecule has 22 heavy (non-hydrogen) atoms. The summed E-state index contributed by atoms with van der Waals surface area (Å²) >= 11 is 0. The van der Waals surface area contributed by atoms with Gasteiger partial charge in [0.05, 0.1) is 11.0 Å². The number of primary amides is 1. The van der Waals surface area contributed by atoms with E-state index in [0.29, 0.717) is 36.1 Å². The van der Waals surface area contributed by atoms with Crippen molar-refractivity contribution < 1.29 is 14.3 Å². The number of aromatic amines is 1. The number of ether oxygens (including phenoxy) is 2. The summed E-state index contributed by atoms with van der Waals surface area (Å²) in [6.45, 7) is 1.08. The smallest absolute Gasteiger partial charge is 0.248 e. The van der Waals surface area contributed by atoms with E-state index in [-0.39, 0.29) is 0 Å². The quantitative estimate of drug-likeness (QED) is 0.757. The number of aromatic nitrogens is 2. The van der Waals surface area contributed by atoms with Gasteiger partial charge in [0.2, 0.25) is 5.91 Å². The molecule has 4 rings (SSSR count). The van der Waals surface area contributed by atoms with Crippen molar-refractivity contribution in [1.82, 2.24) is 9.97 Å². The van der Waals surface area contributed by atoms with Crippen molar-refractivity contribution >= 4 is 16.9 Å². The SMILES string of the molecule is NC(=O)c1cccc(-c2nc3cc4c(cc3[nH]2)OCCO4)c1. The molecular weight excluding hydrogens is 282 g/mol. The zero-order valence-corrected chi connectivity index (χ0v) is 11.6. The van der Waals surface area contributed by atoms with E-state index < -0.39 is 5.91 Å². The number of nitrogens with one attached hydrogen (secondary N) is 1. The Bertz CT molecular complexity index is 842. The van der Waals surface area contributed by atoms with Gasteiger partial charge >= 0.3 is 0 Å². The van der Waals surface area contributed by atoms with E-state index in [1.807, 2.05) is 18.2 Å². The van der Waals surface area contributed by atoms with E-state index in [0.717, 1.165) is 16.6 Å². The van der Waals surface area contributed by atoms with Crippen LogP contribution < -0.4 is 15.2 Å². The molecule has 6 nitrogen and oxygen atoms in total. The van der Waals surface area contributed by atoms with Crippen LogP contribution in [0.3, 0.4) is 0 Å². The Hall–Kier alpha value is -3.02. The van der Waals surface area contributed by atoms with Gasteiger partial charge in [0.1, 0.15) is 19.0 Å². The lowest BCUT2D eigenvalue weighted by Crippen LogP contribution is -2.15. The standard InChI is InChI=1S/C16H13N3O3/c17-15(20)9-2-1-3-10(6-9)16-18-11-7-13-14(8-12(11)19-16)22-5-4-21-13/h1-3,6-8H,4-5H2,(H2,17,20)(H,18,19). The Balaban J connectivity index is 1.82. The highest BCUT2D eigenvalue weighted by atomic mass is 16.6. The third kappa shape index (κ3) is 2.05. The molecule has 0 saturated carbocycles. The van der Waals surface area contributed by atoms with Crippen LogP contribution in [0.1, 0.15) is 10.4 Å². The molecule has 110 valence electrons. The first-order valence-corrected chi connectivity index (χ1v) is 6.90. The second-order valence-corrected chi connectivity index (χ2v) is 5.04.